The lowest BCUT2D eigenvalue weighted by molar-refractivity contribution is 0.0938. The van der Waals surface area contributed by atoms with Gasteiger partial charge in [0.25, 0.3) is 5.91 Å². The summed E-state index contributed by atoms with van der Waals surface area (Å²) < 4.78 is 0. The number of carbonyl (C=O) groups excluding carboxylic acids is 1. The monoisotopic (exact) mass is 278 g/mol. The first-order valence-corrected chi connectivity index (χ1v) is 7.13. The molecule has 0 spiro atoms. The minimum Gasteiger partial charge on any atom is -0.394 e. The molecule has 0 heterocycles. The summed E-state index contributed by atoms with van der Waals surface area (Å²) in [6.07, 6.45) is 3.76. The molecule has 0 saturated heterocycles. The van der Waals surface area contributed by atoms with Crippen molar-refractivity contribution in [1.29, 1.82) is 0 Å². The first-order valence-electron chi connectivity index (χ1n) is 7.13. The van der Waals surface area contributed by atoms with E-state index in [1.165, 1.54) is 12.8 Å². The van der Waals surface area contributed by atoms with Crippen LogP contribution in [0.15, 0.2) is 24.3 Å². The Hall–Kier alpha value is -1.59. The van der Waals surface area contributed by atoms with E-state index in [2.05, 4.69) is 10.6 Å². The van der Waals surface area contributed by atoms with Crippen LogP contribution >= 0.6 is 0 Å². The van der Waals surface area contributed by atoms with Crippen LogP contribution in [0.5, 0.6) is 0 Å². The summed E-state index contributed by atoms with van der Waals surface area (Å²) in [6.45, 7) is 0.0129. The summed E-state index contributed by atoms with van der Waals surface area (Å²) in [7, 11) is 0. The Labute approximate surface area is 119 Å². The van der Waals surface area contributed by atoms with Gasteiger partial charge in [-0.05, 0) is 37.1 Å². The molecule has 1 fully saturated rings. The van der Waals surface area contributed by atoms with Crippen LogP contribution in [0, 0.1) is 0 Å². The van der Waals surface area contributed by atoms with Gasteiger partial charge in [0.15, 0.2) is 0 Å². The van der Waals surface area contributed by atoms with Crippen LogP contribution in [-0.4, -0.2) is 41.4 Å². The van der Waals surface area contributed by atoms with Gasteiger partial charge >= 0.3 is 0 Å². The van der Waals surface area contributed by atoms with Gasteiger partial charge in [-0.3, -0.25) is 4.79 Å². The molecule has 1 saturated carbocycles. The zero-order valence-corrected chi connectivity index (χ0v) is 11.5. The van der Waals surface area contributed by atoms with Crippen LogP contribution in [0.2, 0.25) is 0 Å². The zero-order chi connectivity index (χ0) is 14.4. The van der Waals surface area contributed by atoms with E-state index in [0.29, 0.717) is 11.6 Å². The fraction of sp³-hybridized carbons (Fsp3) is 0.533. The molecule has 1 aromatic carbocycles. The number of hydrogen-bond acceptors (Lipinski definition) is 4. The molecule has 0 aromatic heterocycles. The Bertz CT molecular complexity index is 427. The number of aliphatic hydroxyl groups excluding tert-OH is 2. The fourth-order valence-corrected chi connectivity index (χ4v) is 2.38. The van der Waals surface area contributed by atoms with E-state index >= 15 is 0 Å². The number of rotatable bonds is 6. The van der Waals surface area contributed by atoms with Gasteiger partial charge in [0, 0.05) is 23.8 Å². The molecular weight excluding hydrogens is 256 g/mol. The average molecular weight is 278 g/mol. The second kappa shape index (κ2) is 7.26. The molecule has 1 unspecified atom stereocenters. The lowest BCUT2D eigenvalue weighted by Crippen LogP contribution is -2.32. The van der Waals surface area contributed by atoms with Crippen molar-refractivity contribution >= 4 is 11.6 Å². The Morgan fingerprint density at radius 3 is 2.50 bits per heavy atom. The van der Waals surface area contributed by atoms with Crippen LogP contribution in [0.25, 0.3) is 0 Å². The van der Waals surface area contributed by atoms with Crippen LogP contribution in [0.1, 0.15) is 36.0 Å². The predicted octanol–water partition coefficient (Wildman–Crippen LogP) is 1.12. The second-order valence-electron chi connectivity index (χ2n) is 5.25. The smallest absolute Gasteiger partial charge is 0.251 e. The third-order valence-corrected chi connectivity index (χ3v) is 3.59. The molecule has 2 rings (SSSR count). The van der Waals surface area contributed by atoms with Gasteiger partial charge in [0.05, 0.1) is 12.7 Å². The lowest BCUT2D eigenvalue weighted by atomic mass is 10.1. The maximum absolute atomic E-state index is 12.0. The number of nitrogens with one attached hydrogen (secondary N) is 2. The van der Waals surface area contributed by atoms with E-state index in [9.17, 15) is 9.90 Å². The lowest BCUT2D eigenvalue weighted by Gasteiger charge is -2.13. The number of aliphatic hydroxyl groups is 2. The second-order valence-corrected chi connectivity index (χ2v) is 5.25. The topological polar surface area (TPSA) is 81.6 Å². The third-order valence-electron chi connectivity index (χ3n) is 3.59. The molecule has 4 N–H and O–H groups in total. The van der Waals surface area contributed by atoms with Crippen molar-refractivity contribution < 1.29 is 15.0 Å². The Morgan fingerprint density at radius 2 is 1.90 bits per heavy atom. The Balaban J connectivity index is 1.85. The zero-order valence-electron chi connectivity index (χ0n) is 11.5. The highest BCUT2D eigenvalue weighted by Crippen LogP contribution is 2.18. The molecule has 1 aromatic rings. The number of amides is 1. The molecule has 110 valence electrons. The maximum Gasteiger partial charge on any atom is 0.251 e. The largest absolute Gasteiger partial charge is 0.394 e. The van der Waals surface area contributed by atoms with Crippen molar-refractivity contribution in [2.45, 2.75) is 37.8 Å². The van der Waals surface area contributed by atoms with Gasteiger partial charge in [-0.2, -0.15) is 0 Å². The summed E-state index contributed by atoms with van der Waals surface area (Å²) in [6, 6.07) is 7.44. The molecule has 5 heteroatoms. The minimum absolute atomic E-state index is 0.0288. The van der Waals surface area contributed by atoms with Crippen molar-refractivity contribution in [2.24, 2.45) is 0 Å². The Kier molecular flexibility index (Phi) is 5.38. The SMILES string of the molecule is O=C(NC1CCCC1)c1ccc(NCC(O)CO)cc1. The van der Waals surface area contributed by atoms with Crippen LogP contribution in [0.3, 0.4) is 0 Å². The average Bonchev–Trinajstić information content (AvgIpc) is 2.98. The number of anilines is 1. The first-order chi connectivity index (χ1) is 9.69. The number of benzene rings is 1. The van der Waals surface area contributed by atoms with E-state index in [1.807, 2.05) is 0 Å². The van der Waals surface area contributed by atoms with Crippen molar-refractivity contribution in [3.8, 4) is 0 Å². The predicted molar refractivity (Wildman–Crippen MR) is 77.7 cm³/mol. The highest BCUT2D eigenvalue weighted by Gasteiger charge is 2.17. The molecule has 1 aliphatic rings. The van der Waals surface area contributed by atoms with E-state index < -0.39 is 6.10 Å². The van der Waals surface area contributed by atoms with Crippen molar-refractivity contribution in [3.63, 3.8) is 0 Å². The van der Waals surface area contributed by atoms with E-state index in [0.717, 1.165) is 18.5 Å². The summed E-state index contributed by atoms with van der Waals surface area (Å²) in [5.74, 6) is -0.0288. The van der Waals surface area contributed by atoms with Crippen molar-refractivity contribution in [3.05, 3.63) is 29.8 Å². The van der Waals surface area contributed by atoms with Crippen LogP contribution in [-0.2, 0) is 0 Å². The highest BCUT2D eigenvalue weighted by molar-refractivity contribution is 5.94. The van der Waals surface area contributed by atoms with Gasteiger partial charge in [-0.1, -0.05) is 12.8 Å². The summed E-state index contributed by atoms with van der Waals surface area (Å²) in [4.78, 5) is 12.0. The highest BCUT2D eigenvalue weighted by atomic mass is 16.3. The van der Waals surface area contributed by atoms with Crippen LogP contribution in [0.4, 0.5) is 5.69 Å². The molecule has 0 aliphatic heterocycles. The number of carbonyl (C=O) groups is 1. The standard InChI is InChI=1S/C15H22N2O3/c18-10-14(19)9-16-12-7-5-11(6-8-12)15(20)17-13-3-1-2-4-13/h5-8,13-14,16,18-19H,1-4,9-10H2,(H,17,20). The van der Waals surface area contributed by atoms with Gasteiger partial charge < -0.3 is 20.8 Å². The maximum atomic E-state index is 12.0. The van der Waals surface area contributed by atoms with Gasteiger partial charge in [-0.15, -0.1) is 0 Å². The first kappa shape index (κ1) is 14.8. The van der Waals surface area contributed by atoms with Crippen molar-refractivity contribution in [2.75, 3.05) is 18.5 Å². The fourth-order valence-electron chi connectivity index (χ4n) is 2.38. The molecular formula is C15H22N2O3. The minimum atomic E-state index is -0.777. The van der Waals surface area contributed by atoms with Gasteiger partial charge in [0.1, 0.15) is 0 Å². The summed E-state index contributed by atoms with van der Waals surface area (Å²) in [5.41, 5.74) is 1.46. The van der Waals surface area contributed by atoms with E-state index in [-0.39, 0.29) is 19.1 Å². The van der Waals surface area contributed by atoms with Crippen LogP contribution < -0.4 is 10.6 Å². The van der Waals surface area contributed by atoms with Gasteiger partial charge in [-0.25, -0.2) is 0 Å². The summed E-state index contributed by atoms with van der Waals surface area (Å²) in [5, 5.41) is 24.0. The molecule has 1 amide bonds. The van der Waals surface area contributed by atoms with E-state index in [1.54, 1.807) is 24.3 Å². The van der Waals surface area contributed by atoms with Crippen molar-refractivity contribution in [1.82, 2.24) is 5.32 Å². The quantitative estimate of drug-likeness (QED) is 0.628. The normalized spacial score (nSPS) is 16.9. The molecule has 5 nitrogen and oxygen atoms in total. The van der Waals surface area contributed by atoms with Gasteiger partial charge in [0.2, 0.25) is 0 Å². The molecule has 0 radical (unpaired) electrons. The van der Waals surface area contributed by atoms with E-state index in [4.69, 9.17) is 5.11 Å². The number of hydrogen-bond donors (Lipinski definition) is 4. The third kappa shape index (κ3) is 4.21. The molecule has 0 bridgehead atoms. The molecule has 20 heavy (non-hydrogen) atoms. The molecule has 1 atom stereocenters. The summed E-state index contributed by atoms with van der Waals surface area (Å²) >= 11 is 0. The Morgan fingerprint density at radius 1 is 1.25 bits per heavy atom. The molecule has 1 aliphatic carbocycles.